The zero-order chi connectivity index (χ0) is 17.3. The zero-order valence-corrected chi connectivity index (χ0v) is 15.0. The van der Waals surface area contributed by atoms with Gasteiger partial charge < -0.3 is 5.32 Å². The van der Waals surface area contributed by atoms with Gasteiger partial charge in [-0.25, -0.2) is 9.97 Å². The lowest BCUT2D eigenvalue weighted by Crippen LogP contribution is -2.52. The second-order valence-corrected chi connectivity index (χ2v) is 8.62. The molecule has 3 heterocycles. The molecule has 1 amide bonds. The van der Waals surface area contributed by atoms with E-state index in [9.17, 15) is 4.79 Å². The van der Waals surface area contributed by atoms with Gasteiger partial charge in [0.05, 0.1) is 15.6 Å². The molecule has 0 radical (unpaired) electrons. The summed E-state index contributed by atoms with van der Waals surface area (Å²) < 4.78 is 1.20. The van der Waals surface area contributed by atoms with Crippen molar-refractivity contribution < 1.29 is 4.79 Å². The van der Waals surface area contributed by atoms with Crippen molar-refractivity contribution in [2.45, 2.75) is 43.2 Å². The van der Waals surface area contributed by atoms with E-state index in [0.29, 0.717) is 6.04 Å². The van der Waals surface area contributed by atoms with Crippen LogP contribution in [0.4, 0.5) is 10.9 Å². The van der Waals surface area contributed by atoms with Gasteiger partial charge in [0.2, 0.25) is 5.91 Å². The van der Waals surface area contributed by atoms with Gasteiger partial charge in [0.15, 0.2) is 5.13 Å². The van der Waals surface area contributed by atoms with Gasteiger partial charge in [-0.05, 0) is 43.9 Å². The monoisotopic (exact) mass is 362 g/mol. The molecule has 1 aliphatic heterocycles. The third kappa shape index (κ3) is 1.93. The highest BCUT2D eigenvalue weighted by Gasteiger charge is 2.61. The fraction of sp³-hybridized carbons (Fsp3) is 0.350. The lowest BCUT2D eigenvalue weighted by molar-refractivity contribution is -0.121. The van der Waals surface area contributed by atoms with Gasteiger partial charge >= 0.3 is 0 Å². The number of nitrogens with zero attached hydrogens (tertiary/aromatic N) is 3. The molecule has 130 valence electrons. The van der Waals surface area contributed by atoms with Crippen molar-refractivity contribution in [2.24, 2.45) is 0 Å². The first-order valence-corrected chi connectivity index (χ1v) is 9.97. The minimum absolute atomic E-state index is 0.241. The Bertz CT molecular complexity index is 1000. The van der Waals surface area contributed by atoms with Crippen LogP contribution in [-0.4, -0.2) is 28.0 Å². The summed E-state index contributed by atoms with van der Waals surface area (Å²) in [4.78, 5) is 24.2. The molecule has 1 spiro atoms. The van der Waals surface area contributed by atoms with E-state index in [1.165, 1.54) is 4.70 Å². The summed E-state index contributed by atoms with van der Waals surface area (Å²) in [6.07, 6.45) is 5.65. The van der Waals surface area contributed by atoms with Crippen LogP contribution in [-0.2, 0) is 10.2 Å². The van der Waals surface area contributed by atoms with E-state index in [1.54, 1.807) is 17.5 Å². The molecule has 26 heavy (non-hydrogen) atoms. The van der Waals surface area contributed by atoms with Crippen molar-refractivity contribution in [1.82, 2.24) is 9.97 Å². The molecule has 0 unspecified atom stereocenters. The Morgan fingerprint density at radius 1 is 1.15 bits per heavy atom. The highest BCUT2D eigenvalue weighted by Crippen LogP contribution is 2.58. The lowest BCUT2D eigenvalue weighted by Gasteiger charge is -2.41. The predicted octanol–water partition coefficient (Wildman–Crippen LogP) is 3.71. The summed E-state index contributed by atoms with van der Waals surface area (Å²) in [6, 6.07) is 12.9. The summed E-state index contributed by atoms with van der Waals surface area (Å²) in [7, 11) is 0. The number of aromatic nitrogens is 2. The quantitative estimate of drug-likeness (QED) is 0.772. The van der Waals surface area contributed by atoms with Crippen LogP contribution in [0.1, 0.15) is 31.2 Å². The summed E-state index contributed by atoms with van der Waals surface area (Å²) in [5.41, 5.74) is 1.95. The van der Waals surface area contributed by atoms with E-state index in [1.807, 2.05) is 29.2 Å². The van der Waals surface area contributed by atoms with Gasteiger partial charge in [0, 0.05) is 23.8 Å². The maximum absolute atomic E-state index is 13.0. The smallest absolute Gasteiger partial charge is 0.239 e. The number of carbonyl (C=O) groups is 1. The molecule has 3 aliphatic rings. The number of pyridine rings is 1. The summed E-state index contributed by atoms with van der Waals surface area (Å²) >= 11 is 1.69. The molecule has 0 bridgehead atoms. The second-order valence-electron chi connectivity index (χ2n) is 7.59. The minimum atomic E-state index is -0.241. The number of carbonyl (C=O) groups excluding carboxylic acids is 1. The Morgan fingerprint density at radius 2 is 2.00 bits per heavy atom. The molecule has 2 saturated carbocycles. The standard InChI is InChI=1S/C20H18N4OS/c25-18-20(7-8-20)14-4-3-9-21-17(14)24(18)13-10-12(11-13)22-19-23-15-5-1-2-6-16(15)26-19/h1-6,9,12-13H,7-8,10-11H2,(H,22,23)/t12-,13-. The van der Waals surface area contributed by atoms with Gasteiger partial charge in [0.1, 0.15) is 5.82 Å². The van der Waals surface area contributed by atoms with Gasteiger partial charge in [-0.15, -0.1) is 0 Å². The zero-order valence-electron chi connectivity index (χ0n) is 14.2. The highest BCUT2D eigenvalue weighted by atomic mass is 32.1. The molecule has 2 aliphatic carbocycles. The summed E-state index contributed by atoms with van der Waals surface area (Å²) in [5, 5.41) is 4.52. The molecule has 5 nitrogen and oxygen atoms in total. The summed E-state index contributed by atoms with van der Waals surface area (Å²) in [6.45, 7) is 0. The molecule has 6 heteroatoms. The minimum Gasteiger partial charge on any atom is -0.359 e. The van der Waals surface area contributed by atoms with E-state index in [0.717, 1.165) is 47.7 Å². The molecule has 1 aromatic carbocycles. The van der Waals surface area contributed by atoms with Gasteiger partial charge in [-0.1, -0.05) is 29.5 Å². The molecule has 2 aromatic heterocycles. The molecule has 2 fully saturated rings. The Morgan fingerprint density at radius 3 is 2.81 bits per heavy atom. The molecule has 6 rings (SSSR count). The SMILES string of the molecule is O=C1N([C@H]2C[C@H](Nc3nc4ccccc4s3)C2)c2ncccc2C12CC2. The first-order chi connectivity index (χ1) is 12.7. The first-order valence-electron chi connectivity index (χ1n) is 9.16. The van der Waals surface area contributed by atoms with Crippen molar-refractivity contribution >= 4 is 38.4 Å². The van der Waals surface area contributed by atoms with Crippen LogP contribution in [0.3, 0.4) is 0 Å². The molecule has 1 N–H and O–H groups in total. The molecule has 0 saturated heterocycles. The number of hydrogen-bond donors (Lipinski definition) is 1. The number of benzene rings is 1. The number of amides is 1. The Labute approximate surface area is 155 Å². The maximum Gasteiger partial charge on any atom is 0.239 e. The number of nitrogens with one attached hydrogen (secondary N) is 1. The fourth-order valence-electron chi connectivity index (χ4n) is 4.38. The topological polar surface area (TPSA) is 58.1 Å². The van der Waals surface area contributed by atoms with E-state index in [4.69, 9.17) is 0 Å². The predicted molar refractivity (Wildman–Crippen MR) is 103 cm³/mol. The average Bonchev–Trinajstić information content (AvgIpc) is 3.27. The van der Waals surface area contributed by atoms with Gasteiger partial charge in [-0.2, -0.15) is 0 Å². The highest BCUT2D eigenvalue weighted by molar-refractivity contribution is 7.22. The Kier molecular flexibility index (Phi) is 2.84. The van der Waals surface area contributed by atoms with Gasteiger partial charge in [-0.3, -0.25) is 9.69 Å². The first kappa shape index (κ1) is 14.7. The van der Waals surface area contributed by atoms with Crippen molar-refractivity contribution in [3.05, 3.63) is 48.2 Å². The average molecular weight is 362 g/mol. The van der Waals surface area contributed by atoms with E-state index < -0.39 is 0 Å². The van der Waals surface area contributed by atoms with Crippen LogP contribution in [0.2, 0.25) is 0 Å². The maximum atomic E-state index is 13.0. The number of thiazole rings is 1. The van der Waals surface area contributed by atoms with E-state index in [2.05, 4.69) is 27.4 Å². The molecular weight excluding hydrogens is 344 g/mol. The second kappa shape index (κ2) is 5.04. The van der Waals surface area contributed by atoms with E-state index >= 15 is 0 Å². The lowest BCUT2D eigenvalue weighted by atomic mass is 9.85. The largest absolute Gasteiger partial charge is 0.359 e. The van der Waals surface area contributed by atoms with Crippen LogP contribution < -0.4 is 10.2 Å². The van der Waals surface area contributed by atoms with Crippen LogP contribution in [0.25, 0.3) is 10.2 Å². The van der Waals surface area contributed by atoms with Crippen molar-refractivity contribution in [3.63, 3.8) is 0 Å². The molecule has 0 atom stereocenters. The molecule has 3 aromatic rings. The Hall–Kier alpha value is -2.47. The number of rotatable bonds is 3. The van der Waals surface area contributed by atoms with Crippen molar-refractivity contribution in [2.75, 3.05) is 10.2 Å². The third-order valence-electron chi connectivity index (χ3n) is 6.01. The van der Waals surface area contributed by atoms with Crippen molar-refractivity contribution in [1.29, 1.82) is 0 Å². The molecular formula is C20H18N4OS. The summed E-state index contributed by atoms with van der Waals surface area (Å²) in [5.74, 6) is 1.17. The Balaban J connectivity index is 1.20. The van der Waals surface area contributed by atoms with Gasteiger partial charge in [0.25, 0.3) is 0 Å². The number of hydrogen-bond acceptors (Lipinski definition) is 5. The van der Waals surface area contributed by atoms with Crippen LogP contribution in [0.5, 0.6) is 0 Å². The van der Waals surface area contributed by atoms with Crippen LogP contribution in [0, 0.1) is 0 Å². The number of anilines is 2. The number of para-hydroxylation sites is 1. The third-order valence-corrected chi connectivity index (χ3v) is 6.98. The normalized spacial score (nSPS) is 25.4. The van der Waals surface area contributed by atoms with E-state index in [-0.39, 0.29) is 17.4 Å². The van der Waals surface area contributed by atoms with Crippen molar-refractivity contribution in [3.8, 4) is 0 Å². The number of fused-ring (bicyclic) bond motifs is 3. The van der Waals surface area contributed by atoms with Crippen LogP contribution >= 0.6 is 11.3 Å². The van der Waals surface area contributed by atoms with Crippen LogP contribution in [0.15, 0.2) is 42.6 Å². The fourth-order valence-corrected chi connectivity index (χ4v) is 5.32.